The van der Waals surface area contributed by atoms with Crippen molar-refractivity contribution in [1.29, 1.82) is 0 Å². The minimum Gasteiger partial charge on any atom is -0.508 e. The average Bonchev–Trinajstić information content (AvgIpc) is 2.81. The van der Waals surface area contributed by atoms with Gasteiger partial charge in [0.2, 0.25) is 5.91 Å². The van der Waals surface area contributed by atoms with Crippen LogP contribution in [0.4, 0.5) is 0 Å². The minimum atomic E-state index is 0.0193. The van der Waals surface area contributed by atoms with Gasteiger partial charge in [0, 0.05) is 9.77 Å². The van der Waals surface area contributed by atoms with Crippen LogP contribution < -0.4 is 5.32 Å². The Morgan fingerprint density at radius 3 is 2.68 bits per heavy atom. The van der Waals surface area contributed by atoms with E-state index in [9.17, 15) is 4.79 Å². The molecule has 2 N–H and O–H groups in total. The lowest BCUT2D eigenvalue weighted by molar-refractivity contribution is -0.118. The molecule has 1 heterocycles. The van der Waals surface area contributed by atoms with Gasteiger partial charge in [-0.1, -0.05) is 0 Å². The van der Waals surface area contributed by atoms with Crippen molar-refractivity contribution in [3.8, 4) is 5.75 Å². The summed E-state index contributed by atoms with van der Waals surface area (Å²) >= 11 is 3.12. The van der Waals surface area contributed by atoms with Crippen LogP contribution >= 0.6 is 23.1 Å². The Balaban J connectivity index is 1.76. The van der Waals surface area contributed by atoms with Gasteiger partial charge in [-0.2, -0.15) is 0 Å². The Kier molecular flexibility index (Phi) is 4.87. The van der Waals surface area contributed by atoms with E-state index in [4.69, 9.17) is 5.11 Å². The Labute approximate surface area is 120 Å². The summed E-state index contributed by atoms with van der Waals surface area (Å²) in [5.74, 6) is 0.641. The van der Waals surface area contributed by atoms with Crippen LogP contribution in [-0.4, -0.2) is 16.8 Å². The standard InChI is InChI=1S/C14H15NO2S2/c1-10-6-7-18-13(10)8-15-14(17)9-19-12-4-2-11(16)3-5-12/h2-7,16H,8-9H2,1H3,(H,15,17). The van der Waals surface area contributed by atoms with E-state index in [0.29, 0.717) is 12.3 Å². The fourth-order valence-corrected chi connectivity index (χ4v) is 3.08. The number of phenolic OH excluding ortho intramolecular Hbond substituents is 1. The van der Waals surface area contributed by atoms with E-state index < -0.39 is 0 Å². The summed E-state index contributed by atoms with van der Waals surface area (Å²) in [6.07, 6.45) is 0. The van der Waals surface area contributed by atoms with Gasteiger partial charge in [0.15, 0.2) is 0 Å². The summed E-state index contributed by atoms with van der Waals surface area (Å²) in [5.41, 5.74) is 1.22. The number of rotatable bonds is 5. The maximum Gasteiger partial charge on any atom is 0.230 e. The quantitative estimate of drug-likeness (QED) is 0.833. The molecule has 0 saturated heterocycles. The number of thioether (sulfide) groups is 1. The third-order valence-corrected chi connectivity index (χ3v) is 4.66. The third-order valence-electron chi connectivity index (χ3n) is 2.62. The van der Waals surface area contributed by atoms with Crippen LogP contribution in [0.25, 0.3) is 0 Å². The molecule has 0 aliphatic carbocycles. The zero-order chi connectivity index (χ0) is 13.7. The van der Waals surface area contributed by atoms with Crippen molar-refractivity contribution in [3.63, 3.8) is 0 Å². The van der Waals surface area contributed by atoms with Crippen molar-refractivity contribution in [3.05, 3.63) is 46.2 Å². The zero-order valence-electron chi connectivity index (χ0n) is 10.6. The van der Waals surface area contributed by atoms with E-state index >= 15 is 0 Å². The van der Waals surface area contributed by atoms with Crippen molar-refractivity contribution in [2.45, 2.75) is 18.4 Å². The summed E-state index contributed by atoms with van der Waals surface area (Å²) in [5, 5.41) is 14.1. The smallest absolute Gasteiger partial charge is 0.230 e. The Bertz CT molecular complexity index is 549. The van der Waals surface area contributed by atoms with Crippen LogP contribution in [0.5, 0.6) is 5.75 Å². The van der Waals surface area contributed by atoms with Crippen LogP contribution in [0.2, 0.25) is 0 Å². The molecule has 0 saturated carbocycles. The highest BCUT2D eigenvalue weighted by molar-refractivity contribution is 8.00. The molecule has 2 rings (SSSR count). The number of aromatic hydroxyl groups is 1. The molecular formula is C14H15NO2S2. The lowest BCUT2D eigenvalue weighted by Crippen LogP contribution is -2.24. The van der Waals surface area contributed by atoms with Gasteiger partial charge in [-0.25, -0.2) is 0 Å². The molecule has 5 heteroatoms. The van der Waals surface area contributed by atoms with E-state index in [1.807, 2.05) is 12.3 Å². The van der Waals surface area contributed by atoms with Crippen LogP contribution in [-0.2, 0) is 11.3 Å². The molecule has 0 atom stereocenters. The summed E-state index contributed by atoms with van der Waals surface area (Å²) in [7, 11) is 0. The molecule has 0 unspecified atom stereocenters. The number of aryl methyl sites for hydroxylation is 1. The molecule has 1 aromatic heterocycles. The fraction of sp³-hybridized carbons (Fsp3) is 0.214. The van der Waals surface area contributed by atoms with Crippen molar-refractivity contribution in [2.24, 2.45) is 0 Å². The number of phenols is 1. The molecule has 0 bridgehead atoms. The van der Waals surface area contributed by atoms with Gasteiger partial charge in [-0.05, 0) is 48.2 Å². The normalized spacial score (nSPS) is 10.4. The van der Waals surface area contributed by atoms with Crippen molar-refractivity contribution in [2.75, 3.05) is 5.75 Å². The van der Waals surface area contributed by atoms with Gasteiger partial charge in [-0.3, -0.25) is 4.79 Å². The summed E-state index contributed by atoms with van der Waals surface area (Å²) in [4.78, 5) is 13.9. The number of carbonyl (C=O) groups excluding carboxylic acids is 1. The molecule has 0 aliphatic heterocycles. The van der Waals surface area contributed by atoms with Crippen LogP contribution in [0.15, 0.2) is 40.6 Å². The second-order valence-corrected chi connectivity index (χ2v) is 6.14. The van der Waals surface area contributed by atoms with E-state index in [0.717, 1.165) is 4.90 Å². The molecule has 0 fully saturated rings. The highest BCUT2D eigenvalue weighted by atomic mass is 32.2. The van der Waals surface area contributed by atoms with E-state index in [2.05, 4.69) is 11.4 Å². The topological polar surface area (TPSA) is 49.3 Å². The molecular weight excluding hydrogens is 278 g/mol. The van der Waals surface area contributed by atoms with Gasteiger partial charge >= 0.3 is 0 Å². The maximum atomic E-state index is 11.7. The monoisotopic (exact) mass is 293 g/mol. The molecule has 2 aromatic rings. The van der Waals surface area contributed by atoms with E-state index in [1.54, 1.807) is 35.6 Å². The number of hydrogen-bond acceptors (Lipinski definition) is 4. The third kappa shape index (κ3) is 4.29. The van der Waals surface area contributed by atoms with Crippen LogP contribution in [0, 0.1) is 6.92 Å². The fourth-order valence-electron chi connectivity index (χ4n) is 1.51. The number of nitrogens with one attached hydrogen (secondary N) is 1. The van der Waals surface area contributed by atoms with Crippen molar-refractivity contribution >= 4 is 29.0 Å². The largest absolute Gasteiger partial charge is 0.508 e. The first-order valence-corrected chi connectivity index (χ1v) is 7.73. The summed E-state index contributed by atoms with van der Waals surface area (Å²) < 4.78 is 0. The molecule has 19 heavy (non-hydrogen) atoms. The molecule has 3 nitrogen and oxygen atoms in total. The molecule has 0 radical (unpaired) electrons. The maximum absolute atomic E-state index is 11.7. The Hall–Kier alpha value is -1.46. The van der Waals surface area contributed by atoms with Gasteiger partial charge in [-0.15, -0.1) is 23.1 Å². The van der Waals surface area contributed by atoms with Gasteiger partial charge in [0.25, 0.3) is 0 Å². The molecule has 1 aromatic carbocycles. The average molecular weight is 293 g/mol. The predicted molar refractivity (Wildman–Crippen MR) is 79.7 cm³/mol. The summed E-state index contributed by atoms with van der Waals surface area (Å²) in [6, 6.07) is 8.90. The second-order valence-electron chi connectivity index (χ2n) is 4.09. The van der Waals surface area contributed by atoms with Gasteiger partial charge < -0.3 is 10.4 Å². The molecule has 1 amide bonds. The molecule has 100 valence electrons. The van der Waals surface area contributed by atoms with Gasteiger partial charge in [0.1, 0.15) is 5.75 Å². The number of carbonyl (C=O) groups is 1. The number of hydrogen-bond donors (Lipinski definition) is 2. The highest BCUT2D eigenvalue weighted by Gasteiger charge is 2.05. The van der Waals surface area contributed by atoms with Crippen molar-refractivity contribution in [1.82, 2.24) is 5.32 Å². The van der Waals surface area contributed by atoms with Crippen LogP contribution in [0.1, 0.15) is 10.4 Å². The first kappa shape index (κ1) is 14.0. The van der Waals surface area contributed by atoms with E-state index in [-0.39, 0.29) is 11.7 Å². The predicted octanol–water partition coefficient (Wildman–Crippen LogP) is 3.17. The van der Waals surface area contributed by atoms with Crippen molar-refractivity contribution < 1.29 is 9.90 Å². The van der Waals surface area contributed by atoms with Crippen LogP contribution in [0.3, 0.4) is 0 Å². The van der Waals surface area contributed by atoms with Gasteiger partial charge in [0.05, 0.1) is 12.3 Å². The lowest BCUT2D eigenvalue weighted by atomic mass is 10.3. The highest BCUT2D eigenvalue weighted by Crippen LogP contribution is 2.20. The Morgan fingerprint density at radius 2 is 2.05 bits per heavy atom. The number of amides is 1. The first-order chi connectivity index (χ1) is 9.15. The lowest BCUT2D eigenvalue weighted by Gasteiger charge is -2.05. The SMILES string of the molecule is Cc1ccsc1CNC(=O)CSc1ccc(O)cc1. The molecule has 0 aliphatic rings. The second kappa shape index (κ2) is 6.63. The Morgan fingerprint density at radius 1 is 1.32 bits per heavy atom. The number of benzene rings is 1. The summed E-state index contributed by atoms with van der Waals surface area (Å²) in [6.45, 7) is 2.64. The first-order valence-electron chi connectivity index (χ1n) is 5.86. The minimum absolute atomic E-state index is 0.0193. The number of thiophene rings is 1. The zero-order valence-corrected chi connectivity index (χ0v) is 12.2. The molecule has 0 spiro atoms. The van der Waals surface area contributed by atoms with E-state index in [1.165, 1.54) is 22.2 Å².